The largest absolute Gasteiger partial charge is 0.485 e. The van der Waals surface area contributed by atoms with Crippen LogP contribution in [0.3, 0.4) is 0 Å². The molecule has 2 atom stereocenters. The molecule has 3 rings (SSSR count). The third-order valence-corrected chi connectivity index (χ3v) is 4.43. The van der Waals surface area contributed by atoms with Gasteiger partial charge < -0.3 is 19.3 Å². The van der Waals surface area contributed by atoms with E-state index in [2.05, 4.69) is 10.1 Å². The Bertz CT molecular complexity index is 804. The van der Waals surface area contributed by atoms with E-state index in [0.29, 0.717) is 36.0 Å². The number of hydrogen-bond acceptors (Lipinski definition) is 6. The molecular weight excluding hydrogens is 338 g/mol. The van der Waals surface area contributed by atoms with E-state index in [9.17, 15) is 14.7 Å². The van der Waals surface area contributed by atoms with Gasteiger partial charge in [-0.15, -0.1) is 0 Å². The second kappa shape index (κ2) is 7.55. The number of carboxylic acid groups (broad SMARTS) is 1. The molecule has 0 bridgehead atoms. The quantitative estimate of drug-likeness (QED) is 0.873. The van der Waals surface area contributed by atoms with E-state index in [1.807, 2.05) is 6.92 Å². The summed E-state index contributed by atoms with van der Waals surface area (Å²) in [4.78, 5) is 29.8. The molecule has 0 saturated carbocycles. The number of nitrogens with zero attached hydrogens (tertiary/aromatic N) is 3. The zero-order chi connectivity index (χ0) is 18.7. The van der Waals surface area contributed by atoms with Crippen LogP contribution < -0.4 is 4.74 Å². The molecule has 2 aromatic rings. The summed E-state index contributed by atoms with van der Waals surface area (Å²) in [6.07, 6.45) is 1.26. The van der Waals surface area contributed by atoms with Crippen molar-refractivity contribution in [2.75, 3.05) is 6.54 Å². The summed E-state index contributed by atoms with van der Waals surface area (Å²) in [5, 5.41) is 13.2. The number of carbonyl (C=O) groups is 2. The molecule has 2 heterocycles. The Hall–Kier alpha value is -2.90. The number of hydrogen-bond donors (Lipinski definition) is 1. The topological polar surface area (TPSA) is 106 Å². The van der Waals surface area contributed by atoms with Crippen molar-refractivity contribution < 1.29 is 24.0 Å². The van der Waals surface area contributed by atoms with Crippen molar-refractivity contribution in [3.8, 4) is 5.75 Å². The van der Waals surface area contributed by atoms with E-state index < -0.39 is 12.0 Å². The van der Waals surface area contributed by atoms with Crippen LogP contribution in [-0.4, -0.2) is 44.6 Å². The Morgan fingerprint density at radius 1 is 1.42 bits per heavy atom. The Kier molecular flexibility index (Phi) is 5.20. The minimum absolute atomic E-state index is 0.119. The summed E-state index contributed by atoms with van der Waals surface area (Å²) in [5.41, 5.74) is 0.396. The molecule has 1 saturated heterocycles. The van der Waals surface area contributed by atoms with Gasteiger partial charge in [0.2, 0.25) is 11.7 Å². The Labute approximate surface area is 150 Å². The molecule has 0 radical (unpaired) electrons. The van der Waals surface area contributed by atoms with Crippen LogP contribution in [-0.2, 0) is 11.4 Å². The molecule has 0 aliphatic carbocycles. The number of aromatic nitrogens is 2. The summed E-state index contributed by atoms with van der Waals surface area (Å²) in [6.45, 7) is 4.25. The summed E-state index contributed by atoms with van der Waals surface area (Å²) >= 11 is 0. The molecule has 138 valence electrons. The number of benzene rings is 1. The predicted octanol–water partition coefficient (Wildman–Crippen LogP) is 2.28. The smallest absolute Gasteiger partial charge is 0.326 e. The minimum atomic E-state index is -0.968. The zero-order valence-electron chi connectivity index (χ0n) is 14.7. The standard InChI is InChI=1S/C18H21N3O5/c1-11-6-7-21(15(8-11)18(23)24)17(22)13-4-3-5-14(9-13)25-10-16-19-12(2)26-20-16/h3-5,9,11,15H,6-8,10H2,1-2H3,(H,23,24). The molecule has 26 heavy (non-hydrogen) atoms. The number of amides is 1. The zero-order valence-corrected chi connectivity index (χ0v) is 14.7. The molecule has 0 spiro atoms. The van der Waals surface area contributed by atoms with Crippen LogP contribution in [0.4, 0.5) is 0 Å². The molecule has 8 heteroatoms. The first-order valence-electron chi connectivity index (χ1n) is 8.50. The lowest BCUT2D eigenvalue weighted by molar-refractivity contribution is -0.144. The molecule has 1 N–H and O–H groups in total. The van der Waals surface area contributed by atoms with Crippen LogP contribution in [0.15, 0.2) is 28.8 Å². The van der Waals surface area contributed by atoms with Crippen molar-refractivity contribution in [3.05, 3.63) is 41.5 Å². The van der Waals surface area contributed by atoms with Gasteiger partial charge in [-0.05, 0) is 37.0 Å². The SMILES string of the molecule is Cc1nc(COc2cccc(C(=O)N3CCC(C)CC3C(=O)O)c2)no1. The number of aliphatic carboxylic acids is 1. The monoisotopic (exact) mass is 359 g/mol. The fourth-order valence-electron chi connectivity index (χ4n) is 3.05. The number of piperidine rings is 1. The second-order valence-electron chi connectivity index (χ2n) is 6.53. The third-order valence-electron chi connectivity index (χ3n) is 4.43. The van der Waals surface area contributed by atoms with Gasteiger partial charge in [-0.3, -0.25) is 4.79 Å². The molecular formula is C18H21N3O5. The normalized spacial score (nSPS) is 20.0. The highest BCUT2D eigenvalue weighted by molar-refractivity contribution is 5.97. The van der Waals surface area contributed by atoms with Crippen molar-refractivity contribution in [1.82, 2.24) is 15.0 Å². The molecule has 1 aliphatic heterocycles. The van der Waals surface area contributed by atoms with E-state index in [1.165, 1.54) is 4.90 Å². The number of aryl methyl sites for hydroxylation is 1. The summed E-state index contributed by atoms with van der Waals surface area (Å²) < 4.78 is 10.5. The minimum Gasteiger partial charge on any atom is -0.485 e. The Balaban J connectivity index is 1.72. The van der Waals surface area contributed by atoms with Crippen LogP contribution in [0, 0.1) is 12.8 Å². The first-order valence-corrected chi connectivity index (χ1v) is 8.50. The molecule has 1 aliphatic rings. The van der Waals surface area contributed by atoms with Crippen molar-refractivity contribution in [1.29, 1.82) is 0 Å². The van der Waals surface area contributed by atoms with Crippen LogP contribution in [0.25, 0.3) is 0 Å². The third kappa shape index (κ3) is 4.01. The average molecular weight is 359 g/mol. The highest BCUT2D eigenvalue weighted by atomic mass is 16.5. The Morgan fingerprint density at radius 2 is 2.23 bits per heavy atom. The first-order chi connectivity index (χ1) is 12.4. The van der Waals surface area contributed by atoms with Gasteiger partial charge in [0.1, 0.15) is 11.8 Å². The highest BCUT2D eigenvalue weighted by Crippen LogP contribution is 2.25. The van der Waals surface area contributed by atoms with Gasteiger partial charge in [0.25, 0.3) is 5.91 Å². The van der Waals surface area contributed by atoms with Gasteiger partial charge in [-0.25, -0.2) is 4.79 Å². The maximum Gasteiger partial charge on any atom is 0.326 e. The summed E-state index contributed by atoms with van der Waals surface area (Å²) in [7, 11) is 0. The molecule has 1 aromatic heterocycles. The van der Waals surface area contributed by atoms with Crippen LogP contribution >= 0.6 is 0 Å². The lowest BCUT2D eigenvalue weighted by atomic mass is 9.92. The number of carbonyl (C=O) groups excluding carboxylic acids is 1. The number of carboxylic acids is 1. The number of ether oxygens (including phenoxy) is 1. The maximum atomic E-state index is 12.8. The molecule has 1 aromatic carbocycles. The summed E-state index contributed by atoms with van der Waals surface area (Å²) in [6, 6.07) is 5.89. The lowest BCUT2D eigenvalue weighted by Crippen LogP contribution is -2.49. The van der Waals surface area contributed by atoms with E-state index in [1.54, 1.807) is 31.2 Å². The van der Waals surface area contributed by atoms with Crippen molar-refractivity contribution in [3.63, 3.8) is 0 Å². The highest BCUT2D eigenvalue weighted by Gasteiger charge is 2.35. The van der Waals surface area contributed by atoms with Gasteiger partial charge in [0, 0.05) is 19.0 Å². The maximum absolute atomic E-state index is 12.8. The number of likely N-dealkylation sites (tertiary alicyclic amines) is 1. The fourth-order valence-corrected chi connectivity index (χ4v) is 3.05. The predicted molar refractivity (Wildman–Crippen MR) is 90.7 cm³/mol. The van der Waals surface area contributed by atoms with Crippen LogP contribution in [0.5, 0.6) is 5.75 Å². The molecule has 1 amide bonds. The fraction of sp³-hybridized carbons (Fsp3) is 0.444. The average Bonchev–Trinajstić information content (AvgIpc) is 3.05. The van der Waals surface area contributed by atoms with Crippen molar-refractivity contribution in [2.24, 2.45) is 5.92 Å². The first kappa shape index (κ1) is 17.9. The van der Waals surface area contributed by atoms with E-state index in [0.717, 1.165) is 6.42 Å². The molecule has 2 unspecified atom stereocenters. The molecule has 1 fully saturated rings. The summed E-state index contributed by atoms with van der Waals surface area (Å²) in [5.74, 6) is 0.362. The van der Waals surface area contributed by atoms with E-state index in [4.69, 9.17) is 9.26 Å². The lowest BCUT2D eigenvalue weighted by Gasteiger charge is -2.36. The van der Waals surface area contributed by atoms with Gasteiger partial charge in [-0.1, -0.05) is 18.1 Å². The Morgan fingerprint density at radius 3 is 2.92 bits per heavy atom. The van der Waals surface area contributed by atoms with Gasteiger partial charge in [-0.2, -0.15) is 4.98 Å². The van der Waals surface area contributed by atoms with Gasteiger partial charge in [0.05, 0.1) is 0 Å². The van der Waals surface area contributed by atoms with Gasteiger partial charge >= 0.3 is 5.97 Å². The second-order valence-corrected chi connectivity index (χ2v) is 6.53. The molecule has 8 nitrogen and oxygen atoms in total. The van der Waals surface area contributed by atoms with Crippen molar-refractivity contribution >= 4 is 11.9 Å². The number of rotatable bonds is 5. The van der Waals surface area contributed by atoms with Crippen LogP contribution in [0.1, 0.15) is 41.8 Å². The van der Waals surface area contributed by atoms with Crippen LogP contribution in [0.2, 0.25) is 0 Å². The van der Waals surface area contributed by atoms with Crippen molar-refractivity contribution in [2.45, 2.75) is 39.3 Å². The van der Waals surface area contributed by atoms with E-state index in [-0.39, 0.29) is 18.4 Å². The van der Waals surface area contributed by atoms with E-state index >= 15 is 0 Å². The van der Waals surface area contributed by atoms with Gasteiger partial charge in [0.15, 0.2) is 6.61 Å².